The molecule has 0 aromatic heterocycles. The Hall–Kier alpha value is -0.340. The maximum absolute atomic E-state index is 6.74. The summed E-state index contributed by atoms with van der Waals surface area (Å²) in [5.41, 5.74) is 10.2. The van der Waals surface area contributed by atoms with E-state index >= 15 is 0 Å². The topological polar surface area (TPSA) is 35.2 Å². The van der Waals surface area contributed by atoms with Crippen molar-refractivity contribution >= 4 is 0 Å². The van der Waals surface area contributed by atoms with Crippen LogP contribution in [0.4, 0.5) is 0 Å². The quantitative estimate of drug-likeness (QED) is 0.444. The highest BCUT2D eigenvalue weighted by atomic mass is 16.5. The number of nitrogens with two attached hydrogens (primary N) is 1. The molecule has 10 atom stereocenters. The fourth-order valence-electron chi connectivity index (χ4n) is 11.9. The third-order valence-corrected chi connectivity index (χ3v) is 13.8. The summed E-state index contributed by atoms with van der Waals surface area (Å²) in [6, 6.07) is 0.367. The molecule has 0 aliphatic heterocycles. The van der Waals surface area contributed by atoms with Crippen LogP contribution in [-0.2, 0) is 4.74 Å². The van der Waals surface area contributed by atoms with Crippen LogP contribution in [0.25, 0.3) is 0 Å². The van der Waals surface area contributed by atoms with Gasteiger partial charge in [-0.25, -0.2) is 0 Å². The van der Waals surface area contributed by atoms with E-state index in [9.17, 15) is 0 Å². The van der Waals surface area contributed by atoms with Crippen molar-refractivity contribution in [3.8, 4) is 0 Å². The Balaban J connectivity index is 1.54. The third kappa shape index (κ3) is 2.98. The first-order valence-electron chi connectivity index (χ1n) is 14.3. The first kappa shape index (κ1) is 24.4. The van der Waals surface area contributed by atoms with Crippen molar-refractivity contribution in [2.75, 3.05) is 13.7 Å². The van der Waals surface area contributed by atoms with Gasteiger partial charge < -0.3 is 10.5 Å². The van der Waals surface area contributed by atoms with Gasteiger partial charge in [0.15, 0.2) is 0 Å². The van der Waals surface area contributed by atoms with Crippen LogP contribution in [-0.4, -0.2) is 19.8 Å². The van der Waals surface area contributed by atoms with Crippen molar-refractivity contribution in [2.45, 2.75) is 112 Å². The van der Waals surface area contributed by atoms with E-state index in [1.807, 2.05) is 7.11 Å². The van der Waals surface area contributed by atoms with Crippen LogP contribution < -0.4 is 5.73 Å². The predicted molar refractivity (Wildman–Crippen MR) is 139 cm³/mol. The highest BCUT2D eigenvalue weighted by Crippen LogP contribution is 2.77. The van der Waals surface area contributed by atoms with Crippen LogP contribution in [0, 0.1) is 56.7 Å². The summed E-state index contributed by atoms with van der Waals surface area (Å²) < 4.78 is 5.94. The smallest absolute Gasteiger partial charge is 0.0521 e. The monoisotopic (exact) mass is 455 g/mol. The zero-order valence-corrected chi connectivity index (χ0v) is 22.9. The molecular weight excluding hydrogens is 402 g/mol. The summed E-state index contributed by atoms with van der Waals surface area (Å²) in [5, 5.41) is 0. The maximum atomic E-state index is 6.74. The van der Waals surface area contributed by atoms with Gasteiger partial charge in [0.05, 0.1) is 6.61 Å². The number of hydrogen-bond acceptors (Lipinski definition) is 2. The van der Waals surface area contributed by atoms with Gasteiger partial charge in [-0.1, -0.05) is 46.8 Å². The van der Waals surface area contributed by atoms with E-state index in [-0.39, 0.29) is 5.41 Å². The van der Waals surface area contributed by atoms with E-state index in [2.05, 4.69) is 48.1 Å². The summed E-state index contributed by atoms with van der Waals surface area (Å²) in [6.07, 6.45) is 13.6. The van der Waals surface area contributed by atoms with Gasteiger partial charge in [0, 0.05) is 13.2 Å². The van der Waals surface area contributed by atoms with Crippen molar-refractivity contribution in [1.82, 2.24) is 0 Å². The molecule has 0 heterocycles. The molecule has 2 heteroatoms. The van der Waals surface area contributed by atoms with Crippen molar-refractivity contribution in [2.24, 2.45) is 62.4 Å². The molecule has 0 saturated heterocycles. The van der Waals surface area contributed by atoms with Crippen molar-refractivity contribution in [3.63, 3.8) is 0 Å². The summed E-state index contributed by atoms with van der Waals surface area (Å²) in [4.78, 5) is 0. The van der Waals surface area contributed by atoms with Gasteiger partial charge in [-0.2, -0.15) is 0 Å². The molecule has 4 unspecified atom stereocenters. The molecule has 2 N–H and O–H groups in total. The highest BCUT2D eigenvalue weighted by Gasteiger charge is 2.70. The second-order valence-corrected chi connectivity index (χ2v) is 14.9. The molecule has 5 fully saturated rings. The minimum Gasteiger partial charge on any atom is -0.384 e. The molecular formula is C31H53NO. The average Bonchev–Trinajstić information content (AvgIpc) is 3.12. The molecule has 5 aliphatic rings. The van der Waals surface area contributed by atoms with Crippen LogP contribution in [0.5, 0.6) is 0 Å². The second kappa shape index (κ2) is 7.58. The Morgan fingerprint density at radius 1 is 0.848 bits per heavy atom. The summed E-state index contributed by atoms with van der Waals surface area (Å²) in [5.74, 6) is 3.91. The van der Waals surface area contributed by atoms with Gasteiger partial charge in [-0.3, -0.25) is 0 Å². The number of methoxy groups -OCH3 is 1. The Bertz CT molecular complexity index is 803. The van der Waals surface area contributed by atoms with Crippen LogP contribution in [0.15, 0.2) is 12.2 Å². The van der Waals surface area contributed by atoms with Gasteiger partial charge in [0.2, 0.25) is 0 Å². The lowest BCUT2D eigenvalue weighted by Crippen LogP contribution is -2.67. The van der Waals surface area contributed by atoms with Crippen LogP contribution in [0.3, 0.4) is 0 Å². The maximum Gasteiger partial charge on any atom is 0.0521 e. The molecule has 5 rings (SSSR count). The Labute approximate surface area is 204 Å². The minimum absolute atomic E-state index is 0.267. The molecule has 5 aliphatic carbocycles. The summed E-state index contributed by atoms with van der Waals surface area (Å²) in [6.45, 7) is 21.0. The van der Waals surface area contributed by atoms with E-state index in [1.54, 1.807) is 0 Å². The Morgan fingerprint density at radius 2 is 1.58 bits per heavy atom. The summed E-state index contributed by atoms with van der Waals surface area (Å²) in [7, 11) is 1.93. The van der Waals surface area contributed by atoms with E-state index in [4.69, 9.17) is 10.5 Å². The lowest BCUT2D eigenvalue weighted by Gasteiger charge is -2.73. The molecule has 0 spiro atoms. The van der Waals surface area contributed by atoms with Crippen molar-refractivity contribution in [1.29, 1.82) is 0 Å². The van der Waals surface area contributed by atoms with Crippen LogP contribution in [0.1, 0.15) is 106 Å². The predicted octanol–water partition coefficient (Wildman–Crippen LogP) is 7.62. The molecule has 0 bridgehead atoms. The Kier molecular flexibility index (Phi) is 5.60. The lowest BCUT2D eigenvalue weighted by atomic mass is 9.32. The fraction of sp³-hybridized carbons (Fsp3) is 0.935. The van der Waals surface area contributed by atoms with E-state index in [0.717, 1.165) is 30.3 Å². The Morgan fingerprint density at radius 3 is 2.24 bits per heavy atom. The lowest BCUT2D eigenvalue weighted by molar-refractivity contribution is -0.241. The van der Waals surface area contributed by atoms with Gasteiger partial charge >= 0.3 is 0 Å². The van der Waals surface area contributed by atoms with E-state index in [0.29, 0.717) is 33.6 Å². The largest absolute Gasteiger partial charge is 0.384 e. The molecule has 188 valence electrons. The SMILES string of the molecule is C=C(C)[C@@H]1CC[C@]2(COC)CC[C@]3(C)C(CCC4[C@@]5(C)CC[C@@H](N)C(C)(C)C5CC[C@]43C)C12. The number of rotatable bonds is 3. The zero-order chi connectivity index (χ0) is 24.0. The molecule has 2 nitrogen and oxygen atoms in total. The molecule has 0 amide bonds. The molecule has 5 saturated carbocycles. The number of ether oxygens (including phenoxy) is 1. The van der Waals surface area contributed by atoms with Crippen molar-refractivity contribution < 1.29 is 4.74 Å². The van der Waals surface area contributed by atoms with Gasteiger partial charge in [-0.05, 0) is 128 Å². The molecule has 0 radical (unpaired) electrons. The highest BCUT2D eigenvalue weighted by molar-refractivity contribution is 5.21. The van der Waals surface area contributed by atoms with E-state index < -0.39 is 0 Å². The molecule has 0 aromatic rings. The average molecular weight is 456 g/mol. The second-order valence-electron chi connectivity index (χ2n) is 14.9. The molecule has 33 heavy (non-hydrogen) atoms. The number of allylic oxidation sites excluding steroid dienone is 1. The van der Waals surface area contributed by atoms with Crippen LogP contribution in [0.2, 0.25) is 0 Å². The standard InChI is InChI=1S/C31H53NO/c1-20(2)21-11-16-31(19-33-8)18-17-29(6)22(26(21)31)9-10-24-28(5)14-13-25(32)27(3,4)23(28)12-15-30(24,29)7/h21-26H,1,9-19,32H2,2-8H3/t21-,22?,23?,24?,25+,26?,28-,29+,30+,31+/m0/s1. The van der Waals surface area contributed by atoms with Crippen molar-refractivity contribution in [3.05, 3.63) is 12.2 Å². The normalized spacial score (nSPS) is 55.2. The van der Waals surface area contributed by atoms with Gasteiger partial charge in [0.25, 0.3) is 0 Å². The van der Waals surface area contributed by atoms with Gasteiger partial charge in [-0.15, -0.1) is 0 Å². The number of hydrogen-bond donors (Lipinski definition) is 1. The van der Waals surface area contributed by atoms with E-state index in [1.165, 1.54) is 69.8 Å². The minimum atomic E-state index is 0.267. The third-order valence-electron chi connectivity index (χ3n) is 13.8. The van der Waals surface area contributed by atoms with Crippen LogP contribution >= 0.6 is 0 Å². The molecule has 0 aromatic carbocycles. The zero-order valence-electron chi connectivity index (χ0n) is 22.9. The van der Waals surface area contributed by atoms with Gasteiger partial charge in [0.1, 0.15) is 0 Å². The number of fused-ring (bicyclic) bond motifs is 7. The summed E-state index contributed by atoms with van der Waals surface area (Å²) >= 11 is 0. The first-order valence-corrected chi connectivity index (χ1v) is 14.3. The first-order chi connectivity index (χ1) is 15.4. The fourth-order valence-corrected chi connectivity index (χ4v) is 11.9.